The molecule has 13 heavy (non-hydrogen) atoms. The van der Waals surface area contributed by atoms with Gasteiger partial charge in [0, 0.05) is 6.04 Å². The van der Waals surface area contributed by atoms with Crippen LogP contribution in [0.5, 0.6) is 0 Å². The van der Waals surface area contributed by atoms with Gasteiger partial charge in [-0.15, -0.1) is 0 Å². The summed E-state index contributed by atoms with van der Waals surface area (Å²) < 4.78 is 0. The third kappa shape index (κ3) is 2.01. The summed E-state index contributed by atoms with van der Waals surface area (Å²) in [6.45, 7) is 2.33. The second-order valence-electron chi connectivity index (χ2n) is 4.42. The number of likely N-dealkylation sites (tertiary alicyclic amines) is 1. The van der Waals surface area contributed by atoms with E-state index in [9.17, 15) is 0 Å². The van der Waals surface area contributed by atoms with Gasteiger partial charge in [0.15, 0.2) is 0 Å². The second-order valence-corrected chi connectivity index (χ2v) is 4.42. The van der Waals surface area contributed by atoms with Crippen LogP contribution in [0.3, 0.4) is 0 Å². The highest BCUT2D eigenvalue weighted by Crippen LogP contribution is 2.35. The zero-order chi connectivity index (χ0) is 9.31. The third-order valence-electron chi connectivity index (χ3n) is 3.16. The van der Waals surface area contributed by atoms with Crippen LogP contribution < -0.4 is 5.32 Å². The molecule has 0 atom stereocenters. The minimum atomic E-state index is -0.124. The smallest absolute Gasteiger partial charge is 0.107 e. The molecule has 1 saturated carbocycles. The molecule has 1 N–H and O–H groups in total. The first-order valence-corrected chi connectivity index (χ1v) is 5.12. The number of nitrogens with one attached hydrogen (secondary N) is 1. The van der Waals surface area contributed by atoms with Crippen molar-refractivity contribution >= 4 is 0 Å². The van der Waals surface area contributed by atoms with Crippen molar-refractivity contribution in [1.82, 2.24) is 10.2 Å². The van der Waals surface area contributed by atoms with Gasteiger partial charge in [-0.05, 0) is 45.8 Å². The van der Waals surface area contributed by atoms with Crippen molar-refractivity contribution in [3.8, 4) is 6.07 Å². The number of rotatable bonds is 2. The lowest BCUT2D eigenvalue weighted by Crippen LogP contribution is -2.45. The van der Waals surface area contributed by atoms with Gasteiger partial charge in [0.05, 0.1) is 6.07 Å². The summed E-state index contributed by atoms with van der Waals surface area (Å²) in [7, 11) is 2.16. The topological polar surface area (TPSA) is 39.1 Å². The fraction of sp³-hybridized carbons (Fsp3) is 0.900. The Morgan fingerprint density at radius 3 is 2.46 bits per heavy atom. The maximum absolute atomic E-state index is 8.92. The molecule has 0 unspecified atom stereocenters. The van der Waals surface area contributed by atoms with Crippen molar-refractivity contribution in [2.45, 2.75) is 37.3 Å². The van der Waals surface area contributed by atoms with Crippen LogP contribution in [0.15, 0.2) is 0 Å². The average Bonchev–Trinajstić information content (AvgIpc) is 2.90. The molecule has 0 spiro atoms. The van der Waals surface area contributed by atoms with Gasteiger partial charge in [0.25, 0.3) is 0 Å². The summed E-state index contributed by atoms with van der Waals surface area (Å²) in [5, 5.41) is 12.4. The van der Waals surface area contributed by atoms with E-state index < -0.39 is 0 Å². The third-order valence-corrected chi connectivity index (χ3v) is 3.16. The zero-order valence-corrected chi connectivity index (χ0v) is 8.21. The first-order chi connectivity index (χ1) is 6.24. The molecular weight excluding hydrogens is 162 g/mol. The lowest BCUT2D eigenvalue weighted by atomic mass is 10.0. The van der Waals surface area contributed by atoms with E-state index in [1.807, 2.05) is 0 Å². The van der Waals surface area contributed by atoms with Crippen molar-refractivity contribution in [2.75, 3.05) is 20.1 Å². The van der Waals surface area contributed by atoms with E-state index in [0.717, 1.165) is 12.8 Å². The van der Waals surface area contributed by atoms with Gasteiger partial charge in [0.2, 0.25) is 0 Å². The molecule has 1 aliphatic carbocycles. The highest BCUT2D eigenvalue weighted by Gasteiger charge is 2.44. The van der Waals surface area contributed by atoms with Gasteiger partial charge >= 0.3 is 0 Å². The van der Waals surface area contributed by atoms with Gasteiger partial charge in [-0.3, -0.25) is 5.32 Å². The lowest BCUT2D eigenvalue weighted by molar-refractivity contribution is 0.228. The average molecular weight is 179 g/mol. The highest BCUT2D eigenvalue weighted by molar-refractivity contribution is 5.19. The highest BCUT2D eigenvalue weighted by atomic mass is 15.1. The minimum absolute atomic E-state index is 0.124. The van der Waals surface area contributed by atoms with Crippen molar-refractivity contribution in [3.63, 3.8) is 0 Å². The molecule has 1 saturated heterocycles. The van der Waals surface area contributed by atoms with E-state index >= 15 is 0 Å². The summed E-state index contributed by atoms with van der Waals surface area (Å²) in [5.41, 5.74) is -0.124. The Hall–Kier alpha value is -0.590. The largest absolute Gasteiger partial charge is 0.306 e. The van der Waals surface area contributed by atoms with Crippen molar-refractivity contribution in [3.05, 3.63) is 0 Å². The van der Waals surface area contributed by atoms with Gasteiger partial charge in [-0.2, -0.15) is 5.26 Å². The SMILES string of the molecule is CN1CCC(NC2(C#N)CC2)CC1. The summed E-state index contributed by atoms with van der Waals surface area (Å²) in [6, 6.07) is 2.97. The molecule has 2 fully saturated rings. The van der Waals surface area contributed by atoms with E-state index in [2.05, 4.69) is 23.3 Å². The molecule has 0 aromatic carbocycles. The Morgan fingerprint density at radius 1 is 1.38 bits per heavy atom. The quantitative estimate of drug-likeness (QED) is 0.679. The van der Waals surface area contributed by atoms with Gasteiger partial charge in [0.1, 0.15) is 5.54 Å². The maximum atomic E-state index is 8.92. The van der Waals surface area contributed by atoms with E-state index in [1.165, 1.54) is 25.9 Å². The molecule has 0 amide bonds. The second kappa shape index (κ2) is 3.28. The normalized spacial score (nSPS) is 28.3. The Kier molecular flexibility index (Phi) is 2.27. The van der Waals surface area contributed by atoms with Crippen molar-refractivity contribution in [2.24, 2.45) is 0 Å². The molecule has 1 aliphatic heterocycles. The molecule has 3 heteroatoms. The monoisotopic (exact) mass is 179 g/mol. The maximum Gasteiger partial charge on any atom is 0.107 e. The molecule has 2 rings (SSSR count). The first kappa shape index (κ1) is 8.98. The first-order valence-electron chi connectivity index (χ1n) is 5.12. The van der Waals surface area contributed by atoms with E-state index in [0.29, 0.717) is 6.04 Å². The molecule has 2 aliphatic rings. The van der Waals surface area contributed by atoms with Gasteiger partial charge in [-0.1, -0.05) is 0 Å². The minimum Gasteiger partial charge on any atom is -0.306 e. The zero-order valence-electron chi connectivity index (χ0n) is 8.21. The Bertz CT molecular complexity index is 219. The van der Waals surface area contributed by atoms with Crippen LogP contribution >= 0.6 is 0 Å². The molecule has 0 bridgehead atoms. The Morgan fingerprint density at radius 2 is 2.00 bits per heavy atom. The molecule has 1 heterocycles. The van der Waals surface area contributed by atoms with E-state index in [-0.39, 0.29) is 5.54 Å². The molecule has 72 valence electrons. The Balaban J connectivity index is 1.80. The fourth-order valence-electron chi connectivity index (χ4n) is 1.96. The number of nitriles is 1. The lowest BCUT2D eigenvalue weighted by Gasteiger charge is -2.30. The molecule has 3 nitrogen and oxygen atoms in total. The summed E-state index contributed by atoms with van der Waals surface area (Å²) in [5.74, 6) is 0. The number of hydrogen-bond acceptors (Lipinski definition) is 3. The van der Waals surface area contributed by atoms with Crippen LogP contribution in [0.25, 0.3) is 0 Å². The van der Waals surface area contributed by atoms with Crippen molar-refractivity contribution < 1.29 is 0 Å². The van der Waals surface area contributed by atoms with E-state index in [1.54, 1.807) is 0 Å². The van der Waals surface area contributed by atoms with Crippen molar-refractivity contribution in [1.29, 1.82) is 5.26 Å². The van der Waals surface area contributed by atoms with Crippen LogP contribution in [0.1, 0.15) is 25.7 Å². The molecular formula is C10H17N3. The van der Waals surface area contributed by atoms with Gasteiger partial charge in [-0.25, -0.2) is 0 Å². The van der Waals surface area contributed by atoms with Gasteiger partial charge < -0.3 is 4.90 Å². The molecule has 0 radical (unpaired) electrons. The standard InChI is InChI=1S/C10H17N3/c1-13-6-2-9(3-7-13)12-10(8-11)4-5-10/h9,12H,2-7H2,1H3. The summed E-state index contributed by atoms with van der Waals surface area (Å²) >= 11 is 0. The molecule has 0 aromatic heterocycles. The molecule has 0 aromatic rings. The predicted molar refractivity (Wildman–Crippen MR) is 51.2 cm³/mol. The van der Waals surface area contributed by atoms with Crippen LogP contribution in [-0.2, 0) is 0 Å². The van der Waals surface area contributed by atoms with E-state index in [4.69, 9.17) is 5.26 Å². The van der Waals surface area contributed by atoms with Crippen LogP contribution in [0.4, 0.5) is 0 Å². The fourth-order valence-corrected chi connectivity index (χ4v) is 1.96. The van der Waals surface area contributed by atoms with Crippen LogP contribution in [0.2, 0.25) is 0 Å². The number of hydrogen-bond donors (Lipinski definition) is 1. The van der Waals surface area contributed by atoms with Crippen LogP contribution in [0, 0.1) is 11.3 Å². The predicted octanol–water partition coefficient (Wildman–Crippen LogP) is 0.726. The summed E-state index contributed by atoms with van der Waals surface area (Å²) in [4.78, 5) is 2.35. The Labute approximate surface area is 79.7 Å². The van der Waals surface area contributed by atoms with Crippen LogP contribution in [-0.4, -0.2) is 36.6 Å². The number of piperidine rings is 1. The summed E-state index contributed by atoms with van der Waals surface area (Å²) in [6.07, 6.45) is 4.49. The number of nitrogens with zero attached hydrogens (tertiary/aromatic N) is 2.